The summed E-state index contributed by atoms with van der Waals surface area (Å²) in [5.41, 5.74) is 6.76. The molecule has 0 aliphatic carbocycles. The minimum absolute atomic E-state index is 0.0399. The minimum atomic E-state index is -0.592. The number of halogens is 1. The molecule has 0 atom stereocenters. The summed E-state index contributed by atoms with van der Waals surface area (Å²) < 4.78 is 5.36. The highest BCUT2D eigenvalue weighted by Crippen LogP contribution is 2.30. The number of rotatable bonds is 2. The first-order chi connectivity index (χ1) is 8.97. The molecule has 2 amide bonds. The first kappa shape index (κ1) is 13.2. The summed E-state index contributed by atoms with van der Waals surface area (Å²) in [4.78, 5) is 22.3. The molecule has 0 spiro atoms. The number of nitrogen functional groups attached to an aromatic ring is 1. The molecule has 3 N–H and O–H groups in total. The van der Waals surface area contributed by atoms with Crippen molar-refractivity contribution in [1.29, 1.82) is 0 Å². The maximum atomic E-state index is 11.6. The Labute approximate surface area is 114 Å². The number of hydrogen-bond acceptors (Lipinski definition) is 4. The van der Waals surface area contributed by atoms with Crippen LogP contribution in [0.1, 0.15) is 17.5 Å². The molecule has 0 saturated carbocycles. The molecule has 1 heterocycles. The highest BCUT2D eigenvalue weighted by atomic mass is 35.5. The third kappa shape index (κ3) is 2.95. The molecule has 0 radical (unpaired) electrons. The predicted molar refractivity (Wildman–Crippen MR) is 71.7 cm³/mol. The van der Waals surface area contributed by atoms with Gasteiger partial charge in [-0.2, -0.15) is 0 Å². The summed E-state index contributed by atoms with van der Waals surface area (Å²) in [5, 5.41) is 2.55. The average molecular weight is 279 g/mol. The third-order valence-electron chi connectivity index (χ3n) is 2.38. The number of imide groups is 1. The van der Waals surface area contributed by atoms with Crippen LogP contribution in [0, 0.1) is 0 Å². The van der Waals surface area contributed by atoms with E-state index in [0.29, 0.717) is 22.0 Å². The van der Waals surface area contributed by atoms with Gasteiger partial charge in [0.2, 0.25) is 5.91 Å². The van der Waals surface area contributed by atoms with Gasteiger partial charge in [0.25, 0.3) is 5.91 Å². The molecule has 0 aliphatic heterocycles. The van der Waals surface area contributed by atoms with Crippen LogP contribution < -0.4 is 11.1 Å². The highest BCUT2D eigenvalue weighted by Gasteiger charge is 2.14. The van der Waals surface area contributed by atoms with Gasteiger partial charge < -0.3 is 10.2 Å². The molecule has 98 valence electrons. The van der Waals surface area contributed by atoms with Gasteiger partial charge in [0.05, 0.1) is 5.02 Å². The maximum Gasteiger partial charge on any atom is 0.293 e. The lowest BCUT2D eigenvalue weighted by atomic mass is 10.1. The van der Waals surface area contributed by atoms with E-state index in [9.17, 15) is 9.59 Å². The van der Waals surface area contributed by atoms with Gasteiger partial charge in [-0.3, -0.25) is 14.9 Å². The van der Waals surface area contributed by atoms with Gasteiger partial charge >= 0.3 is 0 Å². The average Bonchev–Trinajstić information content (AvgIpc) is 2.77. The van der Waals surface area contributed by atoms with Gasteiger partial charge in [0.15, 0.2) is 5.76 Å². The molecule has 1 aromatic carbocycles. The fourth-order valence-corrected chi connectivity index (χ4v) is 1.84. The summed E-state index contributed by atoms with van der Waals surface area (Å²) >= 11 is 6.04. The molecule has 5 nitrogen and oxygen atoms in total. The quantitative estimate of drug-likeness (QED) is 0.826. The standard InChI is InChI=1S/C13H11ClN2O3/c1-7(17)16-13(18)12-5-4-11(19-12)9-3-2-8(15)6-10(9)14/h2-6H,15H2,1H3,(H,16,17,18). The number of nitrogens with two attached hydrogens (primary N) is 1. The lowest BCUT2D eigenvalue weighted by Crippen LogP contribution is -2.27. The molecule has 2 rings (SSSR count). The monoisotopic (exact) mass is 278 g/mol. The molecule has 0 aliphatic rings. The van der Waals surface area contributed by atoms with Crippen molar-refractivity contribution in [2.45, 2.75) is 6.92 Å². The van der Waals surface area contributed by atoms with Crippen molar-refractivity contribution in [2.24, 2.45) is 0 Å². The van der Waals surface area contributed by atoms with Crippen LogP contribution in [0.5, 0.6) is 0 Å². The summed E-state index contributed by atoms with van der Waals surface area (Å²) in [6, 6.07) is 8.05. The summed E-state index contributed by atoms with van der Waals surface area (Å²) in [5.74, 6) is -0.574. The van der Waals surface area contributed by atoms with Crippen LogP contribution in [0.3, 0.4) is 0 Å². The molecule has 6 heteroatoms. The fourth-order valence-electron chi connectivity index (χ4n) is 1.56. The second kappa shape index (κ2) is 5.16. The third-order valence-corrected chi connectivity index (χ3v) is 2.69. The van der Waals surface area contributed by atoms with Crippen LogP contribution in [-0.2, 0) is 4.79 Å². The first-order valence-corrected chi connectivity index (χ1v) is 5.82. The van der Waals surface area contributed by atoms with Crippen molar-refractivity contribution in [3.8, 4) is 11.3 Å². The Morgan fingerprint density at radius 1 is 1.26 bits per heavy atom. The zero-order chi connectivity index (χ0) is 14.0. The second-order valence-corrected chi connectivity index (χ2v) is 4.32. The number of carbonyl (C=O) groups excluding carboxylic acids is 2. The van der Waals surface area contributed by atoms with E-state index in [4.69, 9.17) is 21.8 Å². The van der Waals surface area contributed by atoms with Crippen LogP contribution in [-0.4, -0.2) is 11.8 Å². The molecule has 1 aromatic heterocycles. The van der Waals surface area contributed by atoms with Gasteiger partial charge in [-0.15, -0.1) is 0 Å². The van der Waals surface area contributed by atoms with E-state index in [2.05, 4.69) is 5.32 Å². The molecular formula is C13H11ClN2O3. The van der Waals surface area contributed by atoms with E-state index < -0.39 is 11.8 Å². The lowest BCUT2D eigenvalue weighted by Gasteiger charge is -2.02. The predicted octanol–water partition coefficient (Wildman–Crippen LogP) is 2.46. The number of amides is 2. The molecule has 0 fully saturated rings. The number of hydrogen-bond donors (Lipinski definition) is 2. The van der Waals surface area contributed by atoms with Crippen molar-refractivity contribution in [3.05, 3.63) is 41.1 Å². The minimum Gasteiger partial charge on any atom is -0.451 e. The Bertz CT molecular complexity index is 649. The fraction of sp³-hybridized carbons (Fsp3) is 0.0769. The highest BCUT2D eigenvalue weighted by molar-refractivity contribution is 6.33. The van der Waals surface area contributed by atoms with Gasteiger partial charge in [-0.1, -0.05) is 11.6 Å². The number of furan rings is 1. The van der Waals surface area contributed by atoms with E-state index in [0.717, 1.165) is 0 Å². The first-order valence-electron chi connectivity index (χ1n) is 5.44. The summed E-state index contributed by atoms with van der Waals surface area (Å²) in [7, 11) is 0. The van der Waals surface area contributed by atoms with E-state index in [1.807, 2.05) is 0 Å². The van der Waals surface area contributed by atoms with Crippen molar-refractivity contribution < 1.29 is 14.0 Å². The van der Waals surface area contributed by atoms with Gasteiger partial charge in [0.1, 0.15) is 5.76 Å². The van der Waals surface area contributed by atoms with Crippen molar-refractivity contribution in [3.63, 3.8) is 0 Å². The molecule has 0 saturated heterocycles. The SMILES string of the molecule is CC(=O)NC(=O)c1ccc(-c2ccc(N)cc2Cl)o1. The Hall–Kier alpha value is -2.27. The Morgan fingerprint density at radius 2 is 2.00 bits per heavy atom. The topological polar surface area (TPSA) is 85.3 Å². The molecule has 0 unspecified atom stereocenters. The van der Waals surface area contributed by atoms with Crippen molar-refractivity contribution >= 4 is 29.1 Å². The smallest absolute Gasteiger partial charge is 0.293 e. The van der Waals surface area contributed by atoms with E-state index in [1.54, 1.807) is 24.3 Å². The van der Waals surface area contributed by atoms with Gasteiger partial charge in [-0.05, 0) is 30.3 Å². The Morgan fingerprint density at radius 3 is 2.63 bits per heavy atom. The molecular weight excluding hydrogens is 268 g/mol. The van der Waals surface area contributed by atoms with Crippen molar-refractivity contribution in [2.75, 3.05) is 5.73 Å². The zero-order valence-corrected chi connectivity index (χ0v) is 10.8. The summed E-state index contributed by atoms with van der Waals surface area (Å²) in [6.45, 7) is 1.25. The van der Waals surface area contributed by atoms with Crippen LogP contribution in [0.4, 0.5) is 5.69 Å². The Kier molecular flexibility index (Phi) is 3.57. The molecule has 19 heavy (non-hydrogen) atoms. The van der Waals surface area contributed by atoms with E-state index in [1.165, 1.54) is 13.0 Å². The number of nitrogens with one attached hydrogen (secondary N) is 1. The largest absolute Gasteiger partial charge is 0.451 e. The molecule has 0 bridgehead atoms. The van der Waals surface area contributed by atoms with E-state index >= 15 is 0 Å². The maximum absolute atomic E-state index is 11.6. The summed E-state index contributed by atoms with van der Waals surface area (Å²) in [6.07, 6.45) is 0. The second-order valence-electron chi connectivity index (χ2n) is 3.91. The van der Waals surface area contributed by atoms with Gasteiger partial charge in [-0.25, -0.2) is 0 Å². The van der Waals surface area contributed by atoms with Crippen LogP contribution in [0.25, 0.3) is 11.3 Å². The molecule has 2 aromatic rings. The zero-order valence-electron chi connectivity index (χ0n) is 10.1. The van der Waals surface area contributed by atoms with Crippen LogP contribution in [0.2, 0.25) is 5.02 Å². The lowest BCUT2D eigenvalue weighted by molar-refractivity contribution is -0.118. The normalized spacial score (nSPS) is 10.2. The number of benzene rings is 1. The van der Waals surface area contributed by atoms with Crippen LogP contribution in [0.15, 0.2) is 34.7 Å². The van der Waals surface area contributed by atoms with Gasteiger partial charge in [0, 0.05) is 18.2 Å². The number of anilines is 1. The van der Waals surface area contributed by atoms with E-state index in [-0.39, 0.29) is 5.76 Å². The Balaban J connectivity index is 2.30. The van der Waals surface area contributed by atoms with Crippen LogP contribution >= 0.6 is 11.6 Å². The number of carbonyl (C=O) groups is 2. The van der Waals surface area contributed by atoms with Crippen molar-refractivity contribution in [1.82, 2.24) is 5.32 Å².